The number of fused-ring (bicyclic) bond motifs is 1. The number of hydrogen-bond donors (Lipinski definition) is 1. The van der Waals surface area contributed by atoms with Gasteiger partial charge in [0, 0.05) is 5.39 Å². The van der Waals surface area contributed by atoms with Gasteiger partial charge in [0.05, 0.1) is 18.3 Å². The largest absolute Gasteiger partial charge is 0.461 e. The Hall–Kier alpha value is -4.32. The van der Waals surface area contributed by atoms with Crippen LogP contribution in [0, 0.1) is 25.2 Å². The van der Waals surface area contributed by atoms with Crippen molar-refractivity contribution in [2.75, 3.05) is 11.9 Å². The fraction of sp³-hybridized carbons (Fsp3) is 0.182. The molecule has 3 aromatic heterocycles. The first kappa shape index (κ1) is 20.0. The molecule has 1 N–H and O–H groups in total. The predicted molar refractivity (Wildman–Crippen MR) is 114 cm³/mol. The van der Waals surface area contributed by atoms with E-state index >= 15 is 0 Å². The van der Waals surface area contributed by atoms with E-state index in [1.165, 1.54) is 12.3 Å². The van der Waals surface area contributed by atoms with Crippen molar-refractivity contribution in [1.29, 1.82) is 5.26 Å². The Morgan fingerprint density at radius 2 is 2.03 bits per heavy atom. The van der Waals surface area contributed by atoms with Crippen molar-refractivity contribution in [3.05, 3.63) is 65.0 Å². The van der Waals surface area contributed by atoms with Crippen molar-refractivity contribution in [1.82, 2.24) is 25.0 Å². The first-order valence-corrected chi connectivity index (χ1v) is 9.65. The Balaban J connectivity index is 1.74. The van der Waals surface area contributed by atoms with E-state index in [9.17, 15) is 10.1 Å². The fourth-order valence-electron chi connectivity index (χ4n) is 3.21. The van der Waals surface area contributed by atoms with Crippen LogP contribution in [0.5, 0.6) is 0 Å². The first-order chi connectivity index (χ1) is 15.0. The highest BCUT2D eigenvalue weighted by Gasteiger charge is 2.17. The summed E-state index contributed by atoms with van der Waals surface area (Å²) in [6, 6.07) is 13.1. The molecule has 4 rings (SSSR count). The van der Waals surface area contributed by atoms with Gasteiger partial charge in [-0.25, -0.2) is 9.78 Å². The van der Waals surface area contributed by atoms with Crippen LogP contribution in [-0.2, 0) is 4.74 Å². The van der Waals surface area contributed by atoms with Crippen molar-refractivity contribution in [3.8, 4) is 11.9 Å². The van der Waals surface area contributed by atoms with E-state index in [4.69, 9.17) is 9.72 Å². The van der Waals surface area contributed by atoms with E-state index in [1.807, 2.05) is 38.1 Å². The second kappa shape index (κ2) is 8.20. The van der Waals surface area contributed by atoms with Crippen molar-refractivity contribution < 1.29 is 9.53 Å². The number of hydrogen-bond acceptors (Lipinski definition) is 8. The highest BCUT2D eigenvalue weighted by Crippen LogP contribution is 2.26. The number of aryl methyl sites for hydroxylation is 2. The molecule has 0 radical (unpaired) electrons. The molecule has 0 amide bonds. The molecule has 0 bridgehead atoms. The van der Waals surface area contributed by atoms with E-state index in [0.717, 1.165) is 22.0 Å². The van der Waals surface area contributed by atoms with E-state index in [-0.39, 0.29) is 12.3 Å². The third kappa shape index (κ3) is 3.79. The maximum absolute atomic E-state index is 11.8. The summed E-state index contributed by atoms with van der Waals surface area (Å²) < 4.78 is 6.47. The fourth-order valence-corrected chi connectivity index (χ4v) is 3.21. The van der Waals surface area contributed by atoms with E-state index in [0.29, 0.717) is 23.0 Å². The number of benzene rings is 1. The van der Waals surface area contributed by atoms with Gasteiger partial charge in [-0.1, -0.05) is 18.2 Å². The van der Waals surface area contributed by atoms with Crippen LogP contribution in [0.4, 0.5) is 11.6 Å². The van der Waals surface area contributed by atoms with Crippen molar-refractivity contribution in [2.45, 2.75) is 20.8 Å². The number of ether oxygens (including phenoxy) is 1. The maximum atomic E-state index is 11.8. The molecule has 0 saturated heterocycles. The molecule has 0 atom stereocenters. The molecule has 9 nitrogen and oxygen atoms in total. The standard InChI is InChI=1S/C22H19N7O2/c1-4-31-22(30)17-8-9-18(28-27-17)25-21-15(11-23)12-24-29(21)19-10-14(3)16-7-5-6-13(2)20(16)26-19/h5-10,12H,4H2,1-3H3,(H,25,28). The number of pyridine rings is 1. The zero-order valence-electron chi connectivity index (χ0n) is 17.2. The molecule has 154 valence electrons. The summed E-state index contributed by atoms with van der Waals surface area (Å²) in [5.41, 5.74) is 3.38. The molecular weight excluding hydrogens is 394 g/mol. The van der Waals surface area contributed by atoms with Crippen LogP contribution in [-0.4, -0.2) is 37.5 Å². The Bertz CT molecular complexity index is 1320. The number of carbonyl (C=O) groups is 1. The molecule has 0 fully saturated rings. The zero-order chi connectivity index (χ0) is 22.0. The SMILES string of the molecule is CCOC(=O)c1ccc(Nc2c(C#N)cnn2-c2cc(C)c3cccc(C)c3n2)nn1. The number of rotatable bonds is 5. The lowest BCUT2D eigenvalue weighted by Crippen LogP contribution is -2.10. The Kier molecular flexibility index (Phi) is 5.28. The molecule has 0 unspecified atom stereocenters. The van der Waals surface area contributed by atoms with Crippen LogP contribution >= 0.6 is 0 Å². The van der Waals surface area contributed by atoms with Gasteiger partial charge in [0.15, 0.2) is 23.1 Å². The molecular formula is C22H19N7O2. The molecule has 3 heterocycles. The van der Waals surface area contributed by atoms with Crippen LogP contribution in [0.1, 0.15) is 34.1 Å². The van der Waals surface area contributed by atoms with Gasteiger partial charge < -0.3 is 10.1 Å². The molecule has 0 aliphatic rings. The number of carbonyl (C=O) groups excluding carboxylic acids is 1. The highest BCUT2D eigenvalue weighted by atomic mass is 16.5. The summed E-state index contributed by atoms with van der Waals surface area (Å²) in [4.78, 5) is 16.5. The van der Waals surface area contributed by atoms with Gasteiger partial charge in [-0.05, 0) is 50.1 Å². The zero-order valence-corrected chi connectivity index (χ0v) is 17.2. The molecule has 9 heteroatoms. The minimum absolute atomic E-state index is 0.101. The molecule has 0 saturated carbocycles. The molecule has 0 aliphatic carbocycles. The maximum Gasteiger partial charge on any atom is 0.358 e. The molecule has 0 aliphatic heterocycles. The lowest BCUT2D eigenvalue weighted by molar-refractivity contribution is 0.0518. The van der Waals surface area contributed by atoms with Gasteiger partial charge in [-0.3, -0.25) is 0 Å². The summed E-state index contributed by atoms with van der Waals surface area (Å²) in [6.45, 7) is 5.98. The number of para-hydroxylation sites is 1. The number of nitrogens with zero attached hydrogens (tertiary/aromatic N) is 6. The van der Waals surface area contributed by atoms with Crippen molar-refractivity contribution in [3.63, 3.8) is 0 Å². The normalized spacial score (nSPS) is 10.6. The topological polar surface area (TPSA) is 119 Å². The minimum atomic E-state index is -0.546. The number of esters is 1. The van der Waals surface area contributed by atoms with E-state index in [2.05, 4.69) is 26.7 Å². The van der Waals surface area contributed by atoms with Crippen LogP contribution < -0.4 is 5.32 Å². The molecule has 31 heavy (non-hydrogen) atoms. The molecule has 1 aromatic carbocycles. The predicted octanol–water partition coefficient (Wildman–Crippen LogP) is 3.62. The molecule has 4 aromatic rings. The van der Waals surface area contributed by atoms with Gasteiger partial charge in [0.2, 0.25) is 0 Å². The number of anilines is 2. The van der Waals surface area contributed by atoms with Crippen molar-refractivity contribution >= 4 is 28.5 Å². The van der Waals surface area contributed by atoms with Crippen LogP contribution in [0.2, 0.25) is 0 Å². The van der Waals surface area contributed by atoms with E-state index < -0.39 is 5.97 Å². The Morgan fingerprint density at radius 3 is 2.74 bits per heavy atom. The Morgan fingerprint density at radius 1 is 1.19 bits per heavy atom. The monoisotopic (exact) mass is 413 g/mol. The first-order valence-electron chi connectivity index (χ1n) is 9.65. The molecule has 0 spiro atoms. The quantitative estimate of drug-likeness (QED) is 0.493. The van der Waals surface area contributed by atoms with Crippen LogP contribution in [0.25, 0.3) is 16.7 Å². The Labute approximate surface area is 178 Å². The van der Waals surface area contributed by atoms with Crippen LogP contribution in [0.15, 0.2) is 42.6 Å². The summed E-state index contributed by atoms with van der Waals surface area (Å²) in [5, 5.41) is 25.9. The second-order valence-electron chi connectivity index (χ2n) is 6.85. The summed E-state index contributed by atoms with van der Waals surface area (Å²) >= 11 is 0. The third-order valence-electron chi connectivity index (χ3n) is 4.74. The number of aromatic nitrogens is 5. The summed E-state index contributed by atoms with van der Waals surface area (Å²) in [5.74, 6) is 0.774. The smallest absolute Gasteiger partial charge is 0.358 e. The summed E-state index contributed by atoms with van der Waals surface area (Å²) in [7, 11) is 0. The third-order valence-corrected chi connectivity index (χ3v) is 4.74. The average molecular weight is 413 g/mol. The summed E-state index contributed by atoms with van der Waals surface area (Å²) in [6.07, 6.45) is 1.46. The van der Waals surface area contributed by atoms with Gasteiger partial charge in [0.1, 0.15) is 11.6 Å². The van der Waals surface area contributed by atoms with E-state index in [1.54, 1.807) is 17.7 Å². The lowest BCUT2D eigenvalue weighted by Gasteiger charge is -2.12. The van der Waals surface area contributed by atoms with Gasteiger partial charge in [-0.15, -0.1) is 10.2 Å². The number of nitriles is 1. The van der Waals surface area contributed by atoms with Crippen LogP contribution in [0.3, 0.4) is 0 Å². The lowest BCUT2D eigenvalue weighted by atomic mass is 10.1. The second-order valence-corrected chi connectivity index (χ2v) is 6.85. The van der Waals surface area contributed by atoms with Crippen molar-refractivity contribution in [2.24, 2.45) is 0 Å². The minimum Gasteiger partial charge on any atom is -0.461 e. The van der Waals surface area contributed by atoms with Gasteiger partial charge >= 0.3 is 5.97 Å². The van der Waals surface area contributed by atoms with Gasteiger partial charge in [-0.2, -0.15) is 15.0 Å². The van der Waals surface area contributed by atoms with Gasteiger partial charge in [0.25, 0.3) is 0 Å². The highest BCUT2D eigenvalue weighted by molar-refractivity contribution is 5.87. The number of nitrogens with one attached hydrogen (secondary N) is 1. The average Bonchev–Trinajstić information content (AvgIpc) is 3.17.